The molecule has 0 radical (unpaired) electrons. The van der Waals surface area contributed by atoms with E-state index in [0.717, 1.165) is 79.9 Å². The van der Waals surface area contributed by atoms with Gasteiger partial charge in [0.15, 0.2) is 5.58 Å². The van der Waals surface area contributed by atoms with Crippen molar-refractivity contribution in [1.29, 1.82) is 0 Å². The zero-order valence-electron chi connectivity index (χ0n) is 20.6. The van der Waals surface area contributed by atoms with E-state index < -0.39 is 0 Å². The number of nitrogens with zero attached hydrogens (tertiary/aromatic N) is 4. The van der Waals surface area contributed by atoms with Crippen molar-refractivity contribution >= 4 is 16.9 Å². The van der Waals surface area contributed by atoms with Crippen molar-refractivity contribution in [2.24, 2.45) is 0 Å². The van der Waals surface area contributed by atoms with Gasteiger partial charge >= 0.3 is 0 Å². The average molecular weight is 487 g/mol. The summed E-state index contributed by atoms with van der Waals surface area (Å²) in [5.41, 5.74) is 4.45. The Hall–Kier alpha value is -3.45. The quantitative estimate of drug-likeness (QED) is 0.351. The first-order valence-corrected chi connectivity index (χ1v) is 13.0. The second-order valence-electron chi connectivity index (χ2n) is 9.94. The molecule has 1 unspecified atom stereocenters. The van der Waals surface area contributed by atoms with Crippen LogP contribution in [0.25, 0.3) is 16.7 Å². The highest BCUT2D eigenvalue weighted by atomic mass is 19.1. The standard InChI is InChI=1S/C29H31FN4O2/c1-2-14-33-17-13-25(28-24(29(33)35)12-18-34(28)22-6-4-3-5-7-22)32-15-10-20(11-16-32)27-23-9-8-21(30)19-26(23)36-31-27/h3-9,12,18-20,25H,2,10-11,13-17H2,1H3. The summed E-state index contributed by atoms with van der Waals surface area (Å²) >= 11 is 0. The largest absolute Gasteiger partial charge is 0.356 e. The van der Waals surface area contributed by atoms with Crippen LogP contribution in [0.15, 0.2) is 65.3 Å². The number of halogens is 1. The fraction of sp³-hybridized carbons (Fsp3) is 0.379. The van der Waals surface area contributed by atoms with Crippen LogP contribution in [0.3, 0.4) is 0 Å². The van der Waals surface area contributed by atoms with Crippen LogP contribution in [-0.4, -0.2) is 51.6 Å². The van der Waals surface area contributed by atoms with Crippen molar-refractivity contribution in [1.82, 2.24) is 19.5 Å². The summed E-state index contributed by atoms with van der Waals surface area (Å²) in [7, 11) is 0. The van der Waals surface area contributed by atoms with Crippen molar-refractivity contribution in [3.8, 4) is 5.69 Å². The summed E-state index contributed by atoms with van der Waals surface area (Å²) in [6.45, 7) is 5.49. The number of carbonyl (C=O) groups is 1. The lowest BCUT2D eigenvalue weighted by Crippen LogP contribution is -2.38. The van der Waals surface area contributed by atoms with E-state index in [9.17, 15) is 9.18 Å². The minimum atomic E-state index is -0.308. The third-order valence-corrected chi connectivity index (χ3v) is 7.78. The Morgan fingerprint density at radius 1 is 1.03 bits per heavy atom. The molecule has 2 aliphatic heterocycles. The van der Waals surface area contributed by atoms with Gasteiger partial charge in [-0.3, -0.25) is 9.69 Å². The maximum Gasteiger partial charge on any atom is 0.255 e. The topological polar surface area (TPSA) is 54.5 Å². The minimum Gasteiger partial charge on any atom is -0.356 e. The van der Waals surface area contributed by atoms with Crippen LogP contribution in [0, 0.1) is 5.82 Å². The molecule has 2 aliphatic rings. The molecule has 0 bridgehead atoms. The molecular weight excluding hydrogens is 455 g/mol. The van der Waals surface area contributed by atoms with Gasteiger partial charge in [0.2, 0.25) is 0 Å². The van der Waals surface area contributed by atoms with E-state index in [2.05, 4.69) is 33.7 Å². The molecular formula is C29H31FN4O2. The number of likely N-dealkylation sites (tertiary alicyclic amines) is 1. The van der Waals surface area contributed by atoms with Gasteiger partial charge < -0.3 is 14.0 Å². The molecule has 0 N–H and O–H groups in total. The molecule has 1 saturated heterocycles. The van der Waals surface area contributed by atoms with Gasteiger partial charge in [0.05, 0.1) is 23.0 Å². The third-order valence-electron chi connectivity index (χ3n) is 7.78. The fourth-order valence-corrected chi connectivity index (χ4v) is 6.01. The van der Waals surface area contributed by atoms with Crippen LogP contribution in [0.5, 0.6) is 0 Å². The van der Waals surface area contributed by atoms with E-state index in [4.69, 9.17) is 4.52 Å². The summed E-state index contributed by atoms with van der Waals surface area (Å²) in [5, 5.41) is 5.23. The molecule has 2 aromatic heterocycles. The predicted octanol–water partition coefficient (Wildman–Crippen LogP) is 5.93. The lowest BCUT2D eigenvalue weighted by molar-refractivity contribution is 0.0748. The number of carbonyl (C=O) groups excluding carboxylic acids is 1. The summed E-state index contributed by atoms with van der Waals surface area (Å²) in [6.07, 6.45) is 5.80. The summed E-state index contributed by atoms with van der Waals surface area (Å²) in [5.74, 6) is 0.106. The zero-order valence-corrected chi connectivity index (χ0v) is 20.6. The first kappa shape index (κ1) is 23.0. The molecule has 4 heterocycles. The summed E-state index contributed by atoms with van der Waals surface area (Å²) < 4.78 is 21.3. The van der Waals surface area contributed by atoms with Gasteiger partial charge in [-0.1, -0.05) is 30.3 Å². The van der Waals surface area contributed by atoms with E-state index in [1.165, 1.54) is 12.1 Å². The van der Waals surface area contributed by atoms with Crippen molar-refractivity contribution in [2.75, 3.05) is 26.2 Å². The number of para-hydroxylation sites is 1. The van der Waals surface area contributed by atoms with Crippen molar-refractivity contribution in [3.05, 3.63) is 83.6 Å². The van der Waals surface area contributed by atoms with E-state index in [0.29, 0.717) is 5.58 Å². The van der Waals surface area contributed by atoms with Crippen LogP contribution in [0.1, 0.15) is 66.3 Å². The van der Waals surface area contributed by atoms with Crippen LogP contribution in [0.4, 0.5) is 4.39 Å². The highest BCUT2D eigenvalue weighted by Gasteiger charge is 2.36. The van der Waals surface area contributed by atoms with E-state index in [-0.39, 0.29) is 23.7 Å². The maximum absolute atomic E-state index is 13.6. The monoisotopic (exact) mass is 486 g/mol. The molecule has 186 valence electrons. The van der Waals surface area contributed by atoms with E-state index >= 15 is 0 Å². The Bertz CT molecular complexity index is 1370. The molecule has 1 amide bonds. The Morgan fingerprint density at radius 3 is 2.61 bits per heavy atom. The lowest BCUT2D eigenvalue weighted by Gasteiger charge is -2.37. The highest BCUT2D eigenvalue weighted by Crippen LogP contribution is 2.39. The highest BCUT2D eigenvalue weighted by molar-refractivity contribution is 5.96. The molecule has 6 rings (SSSR count). The summed E-state index contributed by atoms with van der Waals surface area (Å²) in [4.78, 5) is 18.1. The molecule has 6 nitrogen and oxygen atoms in total. The molecule has 0 spiro atoms. The molecule has 1 fully saturated rings. The average Bonchev–Trinajstić information content (AvgIpc) is 3.50. The van der Waals surface area contributed by atoms with Gasteiger partial charge in [-0.2, -0.15) is 0 Å². The summed E-state index contributed by atoms with van der Waals surface area (Å²) in [6, 6.07) is 17.1. The Labute approximate surface area is 210 Å². The van der Waals surface area contributed by atoms with Gasteiger partial charge in [0.25, 0.3) is 5.91 Å². The number of rotatable bonds is 5. The second-order valence-corrected chi connectivity index (χ2v) is 9.94. The predicted molar refractivity (Wildman–Crippen MR) is 137 cm³/mol. The number of amides is 1. The van der Waals surface area contributed by atoms with Gasteiger partial charge in [0, 0.05) is 42.3 Å². The smallest absolute Gasteiger partial charge is 0.255 e. The van der Waals surface area contributed by atoms with Crippen LogP contribution in [-0.2, 0) is 0 Å². The normalized spacial score (nSPS) is 19.6. The van der Waals surface area contributed by atoms with Gasteiger partial charge in [-0.05, 0) is 69.1 Å². The minimum absolute atomic E-state index is 0.139. The SMILES string of the molecule is CCCN1CCC(N2CCC(c3noc4cc(F)ccc34)CC2)c2c(ccn2-c2ccccc2)C1=O. The van der Waals surface area contributed by atoms with Crippen LogP contribution in [0.2, 0.25) is 0 Å². The van der Waals surface area contributed by atoms with Gasteiger partial charge in [-0.15, -0.1) is 0 Å². The van der Waals surface area contributed by atoms with Gasteiger partial charge in [-0.25, -0.2) is 4.39 Å². The molecule has 1 atom stereocenters. The van der Waals surface area contributed by atoms with E-state index in [1.807, 2.05) is 35.4 Å². The molecule has 7 heteroatoms. The Balaban J connectivity index is 1.30. The van der Waals surface area contributed by atoms with E-state index in [1.54, 1.807) is 6.07 Å². The molecule has 0 saturated carbocycles. The first-order valence-electron chi connectivity index (χ1n) is 13.0. The first-order chi connectivity index (χ1) is 17.6. The number of piperidine rings is 1. The number of aromatic nitrogens is 2. The molecule has 2 aromatic carbocycles. The number of hydrogen-bond acceptors (Lipinski definition) is 4. The molecule has 4 aromatic rings. The Kier molecular flexibility index (Phi) is 6.09. The van der Waals surface area contributed by atoms with Gasteiger partial charge in [0.1, 0.15) is 5.82 Å². The molecule has 0 aliphatic carbocycles. The Morgan fingerprint density at radius 2 is 1.83 bits per heavy atom. The van der Waals surface area contributed by atoms with Crippen molar-refractivity contribution in [2.45, 2.75) is 44.6 Å². The third kappa shape index (κ3) is 4.01. The fourth-order valence-electron chi connectivity index (χ4n) is 6.01. The number of hydrogen-bond donors (Lipinski definition) is 0. The van der Waals surface area contributed by atoms with Crippen molar-refractivity contribution in [3.63, 3.8) is 0 Å². The number of benzene rings is 2. The lowest BCUT2D eigenvalue weighted by atomic mass is 9.90. The van der Waals surface area contributed by atoms with Crippen molar-refractivity contribution < 1.29 is 13.7 Å². The zero-order chi connectivity index (χ0) is 24.6. The maximum atomic E-state index is 13.6. The van der Waals surface area contributed by atoms with Crippen LogP contribution < -0.4 is 0 Å². The number of fused-ring (bicyclic) bond motifs is 2. The molecule has 36 heavy (non-hydrogen) atoms. The van der Waals surface area contributed by atoms with Crippen LogP contribution >= 0.6 is 0 Å². The second kappa shape index (κ2) is 9.54.